The molecule has 2 N–H and O–H groups in total. The minimum atomic E-state index is -0.0574. The van der Waals surface area contributed by atoms with E-state index in [9.17, 15) is 4.79 Å². The van der Waals surface area contributed by atoms with Gasteiger partial charge in [-0.3, -0.25) is 9.48 Å². The van der Waals surface area contributed by atoms with Crippen molar-refractivity contribution in [1.82, 2.24) is 9.36 Å². The van der Waals surface area contributed by atoms with Crippen molar-refractivity contribution in [2.75, 3.05) is 5.73 Å². The van der Waals surface area contributed by atoms with Crippen LogP contribution in [0.4, 0.5) is 5.69 Å². The van der Waals surface area contributed by atoms with Gasteiger partial charge in [-0.25, -0.2) is 4.68 Å². The van der Waals surface area contributed by atoms with E-state index in [0.717, 1.165) is 18.7 Å². The van der Waals surface area contributed by atoms with Crippen molar-refractivity contribution in [2.45, 2.75) is 33.7 Å². The summed E-state index contributed by atoms with van der Waals surface area (Å²) >= 11 is 0. The fourth-order valence-electron chi connectivity index (χ4n) is 1.69. The highest BCUT2D eigenvalue weighted by atomic mass is 16.1. The Bertz CT molecular complexity index is 373. The van der Waals surface area contributed by atoms with Gasteiger partial charge in [0.15, 0.2) is 0 Å². The lowest BCUT2D eigenvalue weighted by molar-refractivity contribution is 0.411. The standard InChI is InChI=1S/C10H19N3O/c1-5-8-9(11)10(14)13(12(8)4)6-7(2)3/h7H,5-6,11H2,1-4H3. The second-order valence-corrected chi connectivity index (χ2v) is 4.02. The summed E-state index contributed by atoms with van der Waals surface area (Å²) in [6.07, 6.45) is 0.794. The van der Waals surface area contributed by atoms with Gasteiger partial charge in [-0.15, -0.1) is 0 Å². The molecule has 80 valence electrons. The molecule has 0 aromatic carbocycles. The molecular weight excluding hydrogens is 178 g/mol. The molecular formula is C10H19N3O. The average Bonchev–Trinajstić information content (AvgIpc) is 2.30. The van der Waals surface area contributed by atoms with Crippen LogP contribution in [0, 0.1) is 5.92 Å². The first-order valence-electron chi connectivity index (χ1n) is 5.03. The minimum Gasteiger partial charge on any atom is -0.393 e. The molecule has 0 spiro atoms. The Morgan fingerprint density at radius 3 is 2.36 bits per heavy atom. The number of nitrogen functional groups attached to an aromatic ring is 1. The first-order chi connectivity index (χ1) is 6.49. The van der Waals surface area contributed by atoms with Gasteiger partial charge in [-0.05, 0) is 12.3 Å². The van der Waals surface area contributed by atoms with Gasteiger partial charge in [0.1, 0.15) is 5.69 Å². The second-order valence-electron chi connectivity index (χ2n) is 4.02. The van der Waals surface area contributed by atoms with Gasteiger partial charge in [0.2, 0.25) is 0 Å². The minimum absolute atomic E-state index is 0.0574. The SMILES string of the molecule is CCc1c(N)c(=O)n(CC(C)C)n1C. The third-order valence-corrected chi connectivity index (χ3v) is 2.40. The van der Waals surface area contributed by atoms with Gasteiger partial charge in [0.05, 0.1) is 5.69 Å². The number of nitrogens with two attached hydrogens (primary N) is 1. The van der Waals surface area contributed by atoms with Gasteiger partial charge >= 0.3 is 0 Å². The number of hydrogen-bond donors (Lipinski definition) is 1. The topological polar surface area (TPSA) is 53.0 Å². The van der Waals surface area contributed by atoms with E-state index in [1.807, 2.05) is 18.7 Å². The lowest BCUT2D eigenvalue weighted by atomic mass is 10.2. The Kier molecular flexibility index (Phi) is 3.03. The van der Waals surface area contributed by atoms with Gasteiger partial charge in [0, 0.05) is 13.6 Å². The highest BCUT2D eigenvalue weighted by Crippen LogP contribution is 2.08. The lowest BCUT2D eigenvalue weighted by Crippen LogP contribution is -2.24. The number of aromatic nitrogens is 2. The molecule has 1 rings (SSSR count). The third-order valence-electron chi connectivity index (χ3n) is 2.40. The lowest BCUT2D eigenvalue weighted by Gasteiger charge is -2.10. The summed E-state index contributed by atoms with van der Waals surface area (Å²) in [7, 11) is 1.89. The Labute approximate surface area is 84.3 Å². The Hall–Kier alpha value is -1.19. The van der Waals surface area contributed by atoms with E-state index in [0.29, 0.717) is 11.6 Å². The number of nitrogens with zero attached hydrogens (tertiary/aromatic N) is 2. The molecule has 1 aromatic rings. The van der Waals surface area contributed by atoms with E-state index in [1.54, 1.807) is 4.68 Å². The predicted molar refractivity (Wildman–Crippen MR) is 58.3 cm³/mol. The first kappa shape index (κ1) is 10.9. The van der Waals surface area contributed by atoms with E-state index in [1.165, 1.54) is 0 Å². The van der Waals surface area contributed by atoms with Crippen molar-refractivity contribution in [3.05, 3.63) is 16.0 Å². The van der Waals surface area contributed by atoms with Crippen molar-refractivity contribution in [1.29, 1.82) is 0 Å². The van der Waals surface area contributed by atoms with Crippen LogP contribution in [-0.2, 0) is 20.0 Å². The van der Waals surface area contributed by atoms with E-state index < -0.39 is 0 Å². The summed E-state index contributed by atoms with van der Waals surface area (Å²) < 4.78 is 3.58. The van der Waals surface area contributed by atoms with Crippen LogP contribution in [0.2, 0.25) is 0 Å². The number of rotatable bonds is 3. The zero-order valence-corrected chi connectivity index (χ0v) is 9.37. The van der Waals surface area contributed by atoms with Crippen LogP contribution in [-0.4, -0.2) is 9.36 Å². The summed E-state index contributed by atoms with van der Waals surface area (Å²) in [5.41, 5.74) is 7.00. The van der Waals surface area contributed by atoms with Crippen LogP contribution < -0.4 is 11.3 Å². The van der Waals surface area contributed by atoms with Crippen molar-refractivity contribution >= 4 is 5.69 Å². The quantitative estimate of drug-likeness (QED) is 0.785. The molecule has 0 aliphatic heterocycles. The average molecular weight is 197 g/mol. The van der Waals surface area contributed by atoms with Crippen LogP contribution in [0.25, 0.3) is 0 Å². The summed E-state index contributed by atoms with van der Waals surface area (Å²) in [6, 6.07) is 0. The maximum absolute atomic E-state index is 11.7. The second kappa shape index (κ2) is 3.90. The molecule has 0 aliphatic carbocycles. The predicted octanol–water partition coefficient (Wildman–Crippen LogP) is 0.987. The fraction of sp³-hybridized carbons (Fsp3) is 0.700. The van der Waals surface area contributed by atoms with E-state index >= 15 is 0 Å². The summed E-state index contributed by atoms with van der Waals surface area (Å²) in [5.74, 6) is 0.449. The van der Waals surface area contributed by atoms with Crippen LogP contribution >= 0.6 is 0 Å². The first-order valence-corrected chi connectivity index (χ1v) is 5.03. The monoisotopic (exact) mass is 197 g/mol. The Morgan fingerprint density at radius 2 is 2.00 bits per heavy atom. The Balaban J connectivity index is 3.24. The van der Waals surface area contributed by atoms with Crippen LogP contribution in [0.15, 0.2) is 4.79 Å². The molecule has 4 heteroatoms. The molecule has 4 nitrogen and oxygen atoms in total. The van der Waals surface area contributed by atoms with E-state index in [-0.39, 0.29) is 5.56 Å². The number of hydrogen-bond acceptors (Lipinski definition) is 2. The molecule has 0 saturated carbocycles. The highest BCUT2D eigenvalue weighted by molar-refractivity contribution is 5.41. The Morgan fingerprint density at radius 1 is 1.43 bits per heavy atom. The van der Waals surface area contributed by atoms with Gasteiger partial charge in [-0.1, -0.05) is 20.8 Å². The maximum atomic E-state index is 11.7. The normalized spacial score (nSPS) is 11.2. The number of anilines is 1. The third kappa shape index (κ3) is 1.69. The molecule has 0 radical (unpaired) electrons. The van der Waals surface area contributed by atoms with Gasteiger partial charge in [0.25, 0.3) is 5.56 Å². The largest absolute Gasteiger partial charge is 0.393 e. The molecule has 1 aromatic heterocycles. The molecule has 0 atom stereocenters. The molecule has 0 bridgehead atoms. The van der Waals surface area contributed by atoms with Crippen LogP contribution in [0.1, 0.15) is 26.5 Å². The molecule has 0 fully saturated rings. The van der Waals surface area contributed by atoms with Crippen LogP contribution in [0.5, 0.6) is 0 Å². The summed E-state index contributed by atoms with van der Waals surface area (Å²) in [4.78, 5) is 11.7. The van der Waals surface area contributed by atoms with Crippen molar-refractivity contribution in [3.8, 4) is 0 Å². The summed E-state index contributed by atoms with van der Waals surface area (Å²) in [5, 5.41) is 0. The zero-order valence-electron chi connectivity index (χ0n) is 9.37. The molecule has 14 heavy (non-hydrogen) atoms. The molecule has 1 heterocycles. The zero-order chi connectivity index (χ0) is 10.9. The van der Waals surface area contributed by atoms with Crippen LogP contribution in [0.3, 0.4) is 0 Å². The molecule has 0 aliphatic rings. The van der Waals surface area contributed by atoms with E-state index in [2.05, 4.69) is 13.8 Å². The van der Waals surface area contributed by atoms with Gasteiger partial charge in [-0.2, -0.15) is 0 Å². The molecule has 0 amide bonds. The fourth-order valence-corrected chi connectivity index (χ4v) is 1.69. The summed E-state index contributed by atoms with van der Waals surface area (Å²) in [6.45, 7) is 6.90. The van der Waals surface area contributed by atoms with E-state index in [4.69, 9.17) is 5.73 Å². The van der Waals surface area contributed by atoms with Crippen molar-refractivity contribution in [3.63, 3.8) is 0 Å². The smallest absolute Gasteiger partial charge is 0.290 e. The maximum Gasteiger partial charge on any atom is 0.290 e. The van der Waals surface area contributed by atoms with Crippen molar-refractivity contribution in [2.24, 2.45) is 13.0 Å². The highest BCUT2D eigenvalue weighted by Gasteiger charge is 2.13. The van der Waals surface area contributed by atoms with Crippen molar-refractivity contribution < 1.29 is 0 Å². The molecule has 0 unspecified atom stereocenters. The van der Waals surface area contributed by atoms with Gasteiger partial charge < -0.3 is 5.73 Å². The molecule has 0 saturated heterocycles.